The molecule has 3 aliphatic carbocycles. The van der Waals surface area contributed by atoms with Gasteiger partial charge in [-0.25, -0.2) is 0 Å². The van der Waals surface area contributed by atoms with E-state index in [0.29, 0.717) is 0 Å². The van der Waals surface area contributed by atoms with Crippen molar-refractivity contribution in [1.82, 2.24) is 0 Å². The van der Waals surface area contributed by atoms with E-state index in [-0.39, 0.29) is 5.92 Å². The third-order valence-electron chi connectivity index (χ3n) is 15.2. The lowest BCUT2D eigenvalue weighted by molar-refractivity contribution is 0.795. The van der Waals surface area contributed by atoms with E-state index >= 15 is 0 Å². The minimum Gasteiger partial charge on any atom is -0.0622 e. The van der Waals surface area contributed by atoms with Crippen molar-refractivity contribution >= 4 is 0 Å². The van der Waals surface area contributed by atoms with Crippen molar-refractivity contribution in [2.75, 3.05) is 0 Å². The molecule has 68 heavy (non-hydrogen) atoms. The Kier molecular flexibility index (Phi) is 8.67. The van der Waals surface area contributed by atoms with Crippen molar-refractivity contribution in [3.05, 3.63) is 300 Å². The minimum atomic E-state index is -0.433. The SMILES string of the molecule is c1ccc(-c2ccc3c(c2)-c2ccccc2-c2ccccc2-c2cc(-c4ccccc4)ccc2C3c2ccc(-c3cccc4c3C3(c5ccccc5-c5ccccc53)c3ccccc3-4)cc2)cc1. The molecule has 316 valence electrons. The second kappa shape index (κ2) is 15.2. The molecule has 0 amide bonds. The fraction of sp³-hybridized carbons (Fsp3) is 0.0294. The van der Waals surface area contributed by atoms with Crippen LogP contribution in [0, 0.1) is 0 Å². The molecule has 14 rings (SSSR count). The highest BCUT2D eigenvalue weighted by molar-refractivity contribution is 6.00. The molecule has 0 atom stereocenters. The zero-order valence-corrected chi connectivity index (χ0v) is 37.4. The summed E-state index contributed by atoms with van der Waals surface area (Å²) in [5, 5.41) is 0. The maximum Gasteiger partial charge on any atom is 0.0731 e. The van der Waals surface area contributed by atoms with Crippen LogP contribution in [-0.2, 0) is 5.41 Å². The quantitative estimate of drug-likeness (QED) is 0.165. The molecule has 0 saturated carbocycles. The summed E-state index contributed by atoms with van der Waals surface area (Å²) in [4.78, 5) is 0. The molecular formula is C68H44. The Bertz CT molecular complexity index is 3580. The van der Waals surface area contributed by atoms with Gasteiger partial charge in [0.05, 0.1) is 5.41 Å². The summed E-state index contributed by atoms with van der Waals surface area (Å²) >= 11 is 0. The van der Waals surface area contributed by atoms with E-state index in [2.05, 4.69) is 261 Å². The van der Waals surface area contributed by atoms with E-state index in [1.807, 2.05) is 0 Å². The Balaban J connectivity index is 1.01. The number of fused-ring (bicyclic) bond motifs is 17. The molecule has 11 aromatic carbocycles. The van der Waals surface area contributed by atoms with Crippen molar-refractivity contribution in [2.24, 2.45) is 0 Å². The highest BCUT2D eigenvalue weighted by atomic mass is 14.5. The van der Waals surface area contributed by atoms with E-state index in [1.165, 1.54) is 128 Å². The van der Waals surface area contributed by atoms with Gasteiger partial charge in [0.1, 0.15) is 0 Å². The van der Waals surface area contributed by atoms with Crippen LogP contribution in [0.4, 0.5) is 0 Å². The third-order valence-corrected chi connectivity index (χ3v) is 15.2. The molecule has 0 N–H and O–H groups in total. The highest BCUT2D eigenvalue weighted by Crippen LogP contribution is 2.64. The lowest BCUT2D eigenvalue weighted by atomic mass is 9.68. The van der Waals surface area contributed by atoms with Gasteiger partial charge in [-0.1, -0.05) is 249 Å². The Labute approximate surface area is 398 Å². The van der Waals surface area contributed by atoms with Crippen LogP contribution in [-0.4, -0.2) is 0 Å². The summed E-state index contributed by atoms with van der Waals surface area (Å²) in [6.07, 6.45) is 0. The topological polar surface area (TPSA) is 0 Å². The van der Waals surface area contributed by atoms with Crippen molar-refractivity contribution in [3.8, 4) is 89.0 Å². The molecule has 0 nitrogen and oxygen atoms in total. The van der Waals surface area contributed by atoms with E-state index in [9.17, 15) is 0 Å². The summed E-state index contributed by atoms with van der Waals surface area (Å²) in [7, 11) is 0. The smallest absolute Gasteiger partial charge is 0.0622 e. The minimum absolute atomic E-state index is 0.0754. The molecule has 0 saturated heterocycles. The van der Waals surface area contributed by atoms with Crippen molar-refractivity contribution < 1.29 is 0 Å². The van der Waals surface area contributed by atoms with Gasteiger partial charge in [-0.05, 0) is 140 Å². The largest absolute Gasteiger partial charge is 0.0731 e. The molecular weight excluding hydrogens is 817 g/mol. The normalized spacial score (nSPS) is 13.4. The predicted octanol–water partition coefficient (Wildman–Crippen LogP) is 17.5. The maximum atomic E-state index is 2.44. The Hall–Kier alpha value is -8.58. The molecule has 0 aliphatic heterocycles. The van der Waals surface area contributed by atoms with Crippen LogP contribution in [0.2, 0.25) is 0 Å². The first-order valence-corrected chi connectivity index (χ1v) is 23.9. The molecule has 0 heteroatoms. The maximum absolute atomic E-state index is 2.44. The van der Waals surface area contributed by atoms with E-state index in [1.54, 1.807) is 0 Å². The first-order valence-electron chi connectivity index (χ1n) is 23.9. The first kappa shape index (κ1) is 38.7. The molecule has 0 heterocycles. The molecule has 0 aromatic heterocycles. The van der Waals surface area contributed by atoms with Crippen molar-refractivity contribution in [3.63, 3.8) is 0 Å². The molecule has 0 fully saturated rings. The number of rotatable bonds is 4. The summed E-state index contributed by atoms with van der Waals surface area (Å²) in [5.41, 5.74) is 29.0. The van der Waals surface area contributed by atoms with Crippen LogP contribution in [0.5, 0.6) is 0 Å². The summed E-state index contributed by atoms with van der Waals surface area (Å²) < 4.78 is 0. The van der Waals surface area contributed by atoms with Gasteiger partial charge >= 0.3 is 0 Å². The summed E-state index contributed by atoms with van der Waals surface area (Å²) in [6, 6.07) is 98.0. The van der Waals surface area contributed by atoms with Gasteiger partial charge < -0.3 is 0 Å². The van der Waals surface area contributed by atoms with E-state index in [4.69, 9.17) is 0 Å². The number of hydrogen-bond acceptors (Lipinski definition) is 0. The zero-order chi connectivity index (χ0) is 44.8. The zero-order valence-electron chi connectivity index (χ0n) is 37.4. The predicted molar refractivity (Wildman–Crippen MR) is 283 cm³/mol. The molecule has 0 unspecified atom stereocenters. The second-order valence-corrected chi connectivity index (χ2v) is 18.6. The Morgan fingerprint density at radius 2 is 0.574 bits per heavy atom. The van der Waals surface area contributed by atoms with Crippen LogP contribution >= 0.6 is 0 Å². The van der Waals surface area contributed by atoms with Gasteiger partial charge in [0.2, 0.25) is 0 Å². The van der Waals surface area contributed by atoms with Crippen LogP contribution in [0.3, 0.4) is 0 Å². The standard InChI is InChI=1S/C68H44/c1-3-18-44(19-4-1)48-38-40-58-61(42-48)53-24-9-7-22-51(53)52-23-8-10-25-54(52)62-43-49(45-20-5-2-6-21-45)39-41-59(62)66(58)47-36-34-46(35-37-47)50-29-17-30-60-57-28-13-16-33-65(57)68(67(50)60)63-31-14-11-26-55(63)56-27-12-15-32-64(56)68/h1-43,66H. The lowest BCUT2D eigenvalue weighted by Gasteiger charge is -2.32. The molecule has 11 aromatic rings. The van der Waals surface area contributed by atoms with E-state index in [0.717, 1.165) is 0 Å². The van der Waals surface area contributed by atoms with Crippen LogP contribution in [0.1, 0.15) is 44.9 Å². The summed E-state index contributed by atoms with van der Waals surface area (Å²) in [5.74, 6) is -0.0754. The van der Waals surface area contributed by atoms with E-state index < -0.39 is 5.41 Å². The summed E-state index contributed by atoms with van der Waals surface area (Å²) in [6.45, 7) is 0. The molecule has 0 radical (unpaired) electrons. The first-order chi connectivity index (χ1) is 33.8. The van der Waals surface area contributed by atoms with Gasteiger partial charge in [-0.3, -0.25) is 0 Å². The van der Waals surface area contributed by atoms with Gasteiger partial charge in [0.25, 0.3) is 0 Å². The monoisotopic (exact) mass is 860 g/mol. The van der Waals surface area contributed by atoms with Crippen LogP contribution in [0.15, 0.2) is 261 Å². The lowest BCUT2D eigenvalue weighted by Crippen LogP contribution is -2.26. The third kappa shape index (κ3) is 5.62. The van der Waals surface area contributed by atoms with Gasteiger partial charge in [-0.15, -0.1) is 0 Å². The average Bonchev–Trinajstić information content (AvgIpc) is 3.90. The van der Waals surface area contributed by atoms with Crippen LogP contribution in [0.25, 0.3) is 89.0 Å². The Morgan fingerprint density at radius 3 is 1.04 bits per heavy atom. The highest BCUT2D eigenvalue weighted by Gasteiger charge is 2.52. The average molecular weight is 861 g/mol. The van der Waals surface area contributed by atoms with Gasteiger partial charge in [-0.2, -0.15) is 0 Å². The van der Waals surface area contributed by atoms with Crippen molar-refractivity contribution in [2.45, 2.75) is 11.3 Å². The molecule has 1 spiro atoms. The number of hydrogen-bond donors (Lipinski definition) is 0. The van der Waals surface area contributed by atoms with Gasteiger partial charge in [0, 0.05) is 5.92 Å². The molecule has 0 bridgehead atoms. The fourth-order valence-corrected chi connectivity index (χ4v) is 12.4. The second-order valence-electron chi connectivity index (χ2n) is 18.6. The van der Waals surface area contributed by atoms with Crippen molar-refractivity contribution in [1.29, 1.82) is 0 Å². The fourth-order valence-electron chi connectivity index (χ4n) is 12.4. The Morgan fingerprint density at radius 1 is 0.221 bits per heavy atom. The molecule has 3 aliphatic rings. The van der Waals surface area contributed by atoms with Crippen LogP contribution < -0.4 is 0 Å². The number of benzene rings is 11. The van der Waals surface area contributed by atoms with Gasteiger partial charge in [0.15, 0.2) is 0 Å².